The van der Waals surface area contributed by atoms with Crippen LogP contribution in [0.1, 0.15) is 25.0 Å². The van der Waals surface area contributed by atoms with E-state index in [9.17, 15) is 0 Å². The summed E-state index contributed by atoms with van der Waals surface area (Å²) < 4.78 is 6.36. The van der Waals surface area contributed by atoms with E-state index in [0.717, 1.165) is 21.9 Å². The third-order valence-electron chi connectivity index (χ3n) is 10.2. The molecule has 8 aromatic rings. The third kappa shape index (κ3) is 3.09. The van der Waals surface area contributed by atoms with Crippen molar-refractivity contribution in [3.63, 3.8) is 0 Å². The van der Waals surface area contributed by atoms with E-state index in [1.54, 1.807) is 0 Å². The highest BCUT2D eigenvalue weighted by Crippen LogP contribution is 2.51. The maximum Gasteiger partial charge on any atom is 0.135 e. The van der Waals surface area contributed by atoms with Gasteiger partial charge < -0.3 is 4.42 Å². The molecular formula is C43H28O. The van der Waals surface area contributed by atoms with Gasteiger partial charge in [0.15, 0.2) is 0 Å². The van der Waals surface area contributed by atoms with E-state index >= 15 is 0 Å². The Kier molecular flexibility index (Phi) is 4.58. The Morgan fingerprint density at radius 3 is 1.75 bits per heavy atom. The Balaban J connectivity index is 1.13. The fraction of sp³-hybridized carbons (Fsp3) is 0.0698. The molecule has 0 fully saturated rings. The third-order valence-corrected chi connectivity index (χ3v) is 10.2. The number of hydrogen-bond acceptors (Lipinski definition) is 1. The summed E-state index contributed by atoms with van der Waals surface area (Å²) >= 11 is 0. The van der Waals surface area contributed by atoms with Crippen molar-refractivity contribution < 1.29 is 4.42 Å². The van der Waals surface area contributed by atoms with E-state index < -0.39 is 0 Å². The largest absolute Gasteiger partial charge is 0.456 e. The molecule has 0 aliphatic heterocycles. The summed E-state index contributed by atoms with van der Waals surface area (Å²) in [4.78, 5) is 0. The predicted octanol–water partition coefficient (Wildman–Crippen LogP) is 12.0. The molecule has 0 bridgehead atoms. The van der Waals surface area contributed by atoms with Gasteiger partial charge in [-0.2, -0.15) is 0 Å². The van der Waals surface area contributed by atoms with Crippen molar-refractivity contribution in [3.05, 3.63) is 145 Å². The van der Waals surface area contributed by atoms with Crippen LogP contribution >= 0.6 is 0 Å². The van der Waals surface area contributed by atoms with Gasteiger partial charge in [-0.1, -0.05) is 117 Å². The molecule has 1 aromatic heterocycles. The molecule has 1 heteroatoms. The molecule has 0 unspecified atom stereocenters. The van der Waals surface area contributed by atoms with E-state index in [2.05, 4.69) is 147 Å². The van der Waals surface area contributed by atoms with Gasteiger partial charge in [-0.15, -0.1) is 0 Å². The van der Waals surface area contributed by atoms with Crippen molar-refractivity contribution in [2.45, 2.75) is 19.3 Å². The highest BCUT2D eigenvalue weighted by atomic mass is 16.3. The molecule has 0 saturated carbocycles. The molecule has 1 nitrogen and oxygen atoms in total. The Morgan fingerprint density at radius 2 is 0.955 bits per heavy atom. The summed E-state index contributed by atoms with van der Waals surface area (Å²) in [5.74, 6) is 0. The molecule has 7 aromatic carbocycles. The van der Waals surface area contributed by atoms with E-state index in [0.29, 0.717) is 0 Å². The summed E-state index contributed by atoms with van der Waals surface area (Å²) in [6, 6.07) is 49.2. The predicted molar refractivity (Wildman–Crippen MR) is 184 cm³/mol. The van der Waals surface area contributed by atoms with Crippen LogP contribution in [0, 0.1) is 0 Å². The molecule has 1 heterocycles. The van der Waals surface area contributed by atoms with E-state index in [-0.39, 0.29) is 5.41 Å². The summed E-state index contributed by atoms with van der Waals surface area (Å²) in [7, 11) is 0. The zero-order valence-corrected chi connectivity index (χ0v) is 24.6. The fourth-order valence-electron chi connectivity index (χ4n) is 8.08. The minimum atomic E-state index is 0.0109. The average molecular weight is 561 g/mol. The SMILES string of the molecule is CC1(C)c2ccccc2-c2cc(-c3ccc4oc5ccc(-c6ccc7c8c(cccc68)-c6ccccc6-7)cc5c4c3)ccc21. The second kappa shape index (κ2) is 8.36. The molecule has 0 radical (unpaired) electrons. The summed E-state index contributed by atoms with van der Waals surface area (Å²) in [6.07, 6.45) is 0. The fourth-order valence-corrected chi connectivity index (χ4v) is 8.08. The van der Waals surface area contributed by atoms with Gasteiger partial charge in [-0.25, -0.2) is 0 Å². The molecular weight excluding hydrogens is 532 g/mol. The number of fused-ring (bicyclic) bond motifs is 9. The standard InChI is InChI=1S/C43H28O/c1-43(2)38-13-6-5-10-31(38)35-22-25(14-19-39(35)43)26-15-20-40-36(23-26)37-24-27(16-21-41(37)44-40)28-17-18-34-30-9-4-3-8-29(30)33-12-7-11-32(28)42(33)34/h3-24H,1-2H3. The number of furan rings is 1. The molecule has 0 N–H and O–H groups in total. The molecule has 2 aliphatic rings. The lowest BCUT2D eigenvalue weighted by atomic mass is 9.82. The Morgan fingerprint density at radius 1 is 0.386 bits per heavy atom. The van der Waals surface area contributed by atoms with Crippen molar-refractivity contribution in [2.24, 2.45) is 0 Å². The highest BCUT2D eigenvalue weighted by molar-refractivity contribution is 6.19. The van der Waals surface area contributed by atoms with Gasteiger partial charge in [0.1, 0.15) is 11.2 Å². The molecule has 0 spiro atoms. The summed E-state index contributed by atoms with van der Waals surface area (Å²) in [6.45, 7) is 4.67. The number of rotatable bonds is 2. The molecule has 0 saturated heterocycles. The maximum atomic E-state index is 6.36. The lowest BCUT2D eigenvalue weighted by Gasteiger charge is -2.21. The van der Waals surface area contributed by atoms with Crippen LogP contribution < -0.4 is 0 Å². The monoisotopic (exact) mass is 560 g/mol. The van der Waals surface area contributed by atoms with Gasteiger partial charge in [-0.05, 0) is 108 Å². The normalized spacial score (nSPS) is 13.9. The summed E-state index contributed by atoms with van der Waals surface area (Å²) in [5.41, 5.74) is 17.6. The second-order valence-corrected chi connectivity index (χ2v) is 12.9. The first kappa shape index (κ1) is 24.1. The van der Waals surface area contributed by atoms with Gasteiger partial charge >= 0.3 is 0 Å². The van der Waals surface area contributed by atoms with E-state index in [4.69, 9.17) is 4.42 Å². The topological polar surface area (TPSA) is 13.1 Å². The first-order valence-electron chi connectivity index (χ1n) is 15.4. The molecule has 44 heavy (non-hydrogen) atoms. The number of hydrogen-bond donors (Lipinski definition) is 0. The van der Waals surface area contributed by atoms with Gasteiger partial charge in [0.25, 0.3) is 0 Å². The highest BCUT2D eigenvalue weighted by Gasteiger charge is 2.35. The Hall–Kier alpha value is -5.40. The van der Waals surface area contributed by atoms with Crippen LogP contribution in [0.25, 0.3) is 88.3 Å². The zero-order valence-electron chi connectivity index (χ0n) is 24.6. The van der Waals surface area contributed by atoms with Crippen LogP contribution in [0.3, 0.4) is 0 Å². The van der Waals surface area contributed by atoms with Gasteiger partial charge in [0.2, 0.25) is 0 Å². The maximum absolute atomic E-state index is 6.36. The molecule has 0 atom stereocenters. The van der Waals surface area contributed by atoms with Crippen LogP contribution in [0.4, 0.5) is 0 Å². The van der Waals surface area contributed by atoms with E-state index in [1.807, 2.05) is 0 Å². The first-order chi connectivity index (χ1) is 21.6. The van der Waals surface area contributed by atoms with Gasteiger partial charge in [-0.3, -0.25) is 0 Å². The molecule has 2 aliphatic carbocycles. The van der Waals surface area contributed by atoms with Crippen molar-refractivity contribution >= 4 is 32.7 Å². The minimum Gasteiger partial charge on any atom is -0.456 e. The minimum absolute atomic E-state index is 0.0109. The van der Waals surface area contributed by atoms with Crippen molar-refractivity contribution in [3.8, 4) is 55.6 Å². The van der Waals surface area contributed by atoms with E-state index in [1.165, 1.54) is 77.5 Å². The van der Waals surface area contributed by atoms with Crippen LogP contribution in [-0.2, 0) is 5.41 Å². The Bertz CT molecular complexity index is 2490. The van der Waals surface area contributed by atoms with Crippen molar-refractivity contribution in [2.75, 3.05) is 0 Å². The number of benzene rings is 7. The zero-order chi connectivity index (χ0) is 29.2. The second-order valence-electron chi connectivity index (χ2n) is 12.9. The average Bonchev–Trinajstić information content (AvgIpc) is 3.67. The van der Waals surface area contributed by atoms with Crippen LogP contribution in [-0.4, -0.2) is 0 Å². The lowest BCUT2D eigenvalue weighted by molar-refractivity contribution is 0.660. The van der Waals surface area contributed by atoms with Crippen molar-refractivity contribution in [1.29, 1.82) is 0 Å². The molecule has 10 rings (SSSR count). The summed E-state index contributed by atoms with van der Waals surface area (Å²) in [5, 5.41) is 4.95. The van der Waals surface area contributed by atoms with Gasteiger partial charge in [0.05, 0.1) is 0 Å². The smallest absolute Gasteiger partial charge is 0.135 e. The lowest BCUT2D eigenvalue weighted by Crippen LogP contribution is -2.14. The van der Waals surface area contributed by atoms with Gasteiger partial charge in [0, 0.05) is 16.2 Å². The van der Waals surface area contributed by atoms with Crippen molar-refractivity contribution in [1.82, 2.24) is 0 Å². The quantitative estimate of drug-likeness (QED) is 0.205. The first-order valence-corrected chi connectivity index (χ1v) is 15.4. The van der Waals surface area contributed by atoms with Crippen LogP contribution in [0.5, 0.6) is 0 Å². The Labute approximate surface area is 256 Å². The van der Waals surface area contributed by atoms with Crippen LogP contribution in [0.2, 0.25) is 0 Å². The molecule has 206 valence electrons. The van der Waals surface area contributed by atoms with Crippen LogP contribution in [0.15, 0.2) is 138 Å². The molecule has 0 amide bonds.